The Kier molecular flexibility index (Phi) is 4.24. The highest BCUT2D eigenvalue weighted by Crippen LogP contribution is 2.26. The molecule has 4 nitrogen and oxygen atoms in total. The smallest absolute Gasteiger partial charge is 0.264 e. The van der Waals surface area contributed by atoms with Crippen LogP contribution < -0.4 is 10.5 Å². The minimum absolute atomic E-state index is 0.0242. The fraction of sp³-hybridized carbons (Fsp3) is 0.615. The van der Waals surface area contributed by atoms with Gasteiger partial charge in [0, 0.05) is 30.1 Å². The number of carbonyl (C=O) groups is 1. The van der Waals surface area contributed by atoms with Crippen molar-refractivity contribution < 1.29 is 9.53 Å². The molecule has 1 fully saturated rings. The van der Waals surface area contributed by atoms with E-state index in [1.54, 1.807) is 13.2 Å². The van der Waals surface area contributed by atoms with E-state index < -0.39 is 0 Å². The highest BCUT2D eigenvalue weighted by Gasteiger charge is 2.30. The van der Waals surface area contributed by atoms with E-state index in [1.807, 2.05) is 17.2 Å². The van der Waals surface area contributed by atoms with E-state index in [-0.39, 0.29) is 18.0 Å². The topological polar surface area (TPSA) is 55.6 Å². The molecule has 2 unspecified atom stereocenters. The van der Waals surface area contributed by atoms with E-state index in [9.17, 15) is 4.79 Å². The molecule has 18 heavy (non-hydrogen) atoms. The molecular weight excluding hydrogens is 248 g/mol. The summed E-state index contributed by atoms with van der Waals surface area (Å²) in [5, 5.41) is 1.86. The van der Waals surface area contributed by atoms with Gasteiger partial charge in [-0.3, -0.25) is 4.79 Å². The van der Waals surface area contributed by atoms with Crippen LogP contribution in [0.1, 0.15) is 35.9 Å². The molecule has 0 aliphatic carbocycles. The third-order valence-electron chi connectivity index (χ3n) is 3.44. The molecule has 0 radical (unpaired) electrons. The highest BCUT2D eigenvalue weighted by atomic mass is 32.1. The molecule has 0 saturated carbocycles. The van der Waals surface area contributed by atoms with Gasteiger partial charge in [-0.1, -0.05) is 0 Å². The van der Waals surface area contributed by atoms with E-state index in [2.05, 4.69) is 0 Å². The number of amides is 1. The lowest BCUT2D eigenvalue weighted by Crippen LogP contribution is -2.51. The lowest BCUT2D eigenvalue weighted by molar-refractivity contribution is 0.0588. The van der Waals surface area contributed by atoms with Crippen LogP contribution in [-0.2, 0) is 0 Å². The zero-order valence-electron chi connectivity index (χ0n) is 10.9. The Hall–Kier alpha value is -1.07. The lowest BCUT2D eigenvalue weighted by Gasteiger charge is -2.37. The number of hydrogen-bond acceptors (Lipinski definition) is 4. The Morgan fingerprint density at radius 1 is 1.61 bits per heavy atom. The van der Waals surface area contributed by atoms with E-state index in [0.29, 0.717) is 0 Å². The van der Waals surface area contributed by atoms with Crippen molar-refractivity contribution in [2.75, 3.05) is 13.7 Å². The Morgan fingerprint density at radius 2 is 2.39 bits per heavy atom. The second-order valence-electron chi connectivity index (χ2n) is 4.77. The number of nitrogens with two attached hydrogens (primary N) is 1. The third-order valence-corrected chi connectivity index (χ3v) is 4.34. The van der Waals surface area contributed by atoms with Gasteiger partial charge in [0.25, 0.3) is 5.91 Å². The van der Waals surface area contributed by atoms with E-state index in [4.69, 9.17) is 10.5 Å². The molecule has 100 valence electrons. The van der Waals surface area contributed by atoms with Gasteiger partial charge in [-0.25, -0.2) is 0 Å². The Bertz CT molecular complexity index is 417. The normalized spacial score (nSPS) is 21.7. The fourth-order valence-corrected chi connectivity index (χ4v) is 3.25. The van der Waals surface area contributed by atoms with Gasteiger partial charge in [0.1, 0.15) is 5.75 Å². The zero-order valence-corrected chi connectivity index (χ0v) is 11.7. The molecular formula is C13H20N2O2S. The van der Waals surface area contributed by atoms with Gasteiger partial charge in [0.2, 0.25) is 0 Å². The molecule has 1 aliphatic rings. The maximum absolute atomic E-state index is 12.5. The van der Waals surface area contributed by atoms with Crippen LogP contribution in [0.25, 0.3) is 0 Å². The van der Waals surface area contributed by atoms with Crippen LogP contribution in [0.5, 0.6) is 5.75 Å². The molecule has 2 N–H and O–H groups in total. The van der Waals surface area contributed by atoms with Crippen molar-refractivity contribution in [2.24, 2.45) is 5.73 Å². The first-order valence-electron chi connectivity index (χ1n) is 6.32. The predicted octanol–water partition coefficient (Wildman–Crippen LogP) is 2.10. The van der Waals surface area contributed by atoms with Gasteiger partial charge in [0.15, 0.2) is 0 Å². The van der Waals surface area contributed by atoms with Gasteiger partial charge in [0.05, 0.1) is 12.0 Å². The van der Waals surface area contributed by atoms with E-state index in [0.717, 1.165) is 36.4 Å². The maximum atomic E-state index is 12.5. The second-order valence-corrected chi connectivity index (χ2v) is 5.68. The molecule has 2 atom stereocenters. The van der Waals surface area contributed by atoms with Crippen LogP contribution in [0.4, 0.5) is 0 Å². The number of ether oxygens (including phenoxy) is 1. The van der Waals surface area contributed by atoms with Crippen LogP contribution in [0.15, 0.2) is 11.4 Å². The van der Waals surface area contributed by atoms with Crippen LogP contribution >= 0.6 is 11.3 Å². The summed E-state index contributed by atoms with van der Waals surface area (Å²) in [5.41, 5.74) is 5.99. The molecule has 1 saturated heterocycles. The molecule has 1 aromatic rings. The lowest BCUT2D eigenvalue weighted by atomic mass is 9.97. The van der Waals surface area contributed by atoms with Crippen molar-refractivity contribution in [3.63, 3.8) is 0 Å². The molecule has 2 heterocycles. The zero-order chi connectivity index (χ0) is 13.1. The molecule has 1 aliphatic heterocycles. The predicted molar refractivity (Wildman–Crippen MR) is 73.2 cm³/mol. The first-order valence-corrected chi connectivity index (χ1v) is 7.20. The van der Waals surface area contributed by atoms with Crippen molar-refractivity contribution in [1.29, 1.82) is 0 Å². The first kappa shape index (κ1) is 13.4. The molecule has 1 amide bonds. The molecule has 0 bridgehead atoms. The van der Waals surface area contributed by atoms with Crippen LogP contribution in [-0.4, -0.2) is 36.5 Å². The quantitative estimate of drug-likeness (QED) is 0.913. The number of hydrogen-bond donors (Lipinski definition) is 1. The maximum Gasteiger partial charge on any atom is 0.264 e. The number of carbonyl (C=O) groups excluding carboxylic acids is 1. The number of thiophene rings is 1. The monoisotopic (exact) mass is 268 g/mol. The first-order chi connectivity index (χ1) is 8.63. The summed E-state index contributed by atoms with van der Waals surface area (Å²) >= 11 is 1.43. The van der Waals surface area contributed by atoms with Gasteiger partial charge >= 0.3 is 0 Å². The Labute approximate surface area is 112 Å². The van der Waals surface area contributed by atoms with Crippen molar-refractivity contribution in [1.82, 2.24) is 4.90 Å². The summed E-state index contributed by atoms with van der Waals surface area (Å²) in [6.07, 6.45) is 3.23. The van der Waals surface area contributed by atoms with Gasteiger partial charge in [-0.2, -0.15) is 0 Å². The summed E-state index contributed by atoms with van der Waals surface area (Å²) in [7, 11) is 1.61. The van der Waals surface area contributed by atoms with E-state index in [1.165, 1.54) is 11.3 Å². The fourth-order valence-electron chi connectivity index (χ4n) is 2.44. The third kappa shape index (κ3) is 2.67. The second kappa shape index (κ2) is 5.71. The number of rotatable bonds is 3. The highest BCUT2D eigenvalue weighted by molar-refractivity contribution is 7.12. The summed E-state index contributed by atoms with van der Waals surface area (Å²) in [6.45, 7) is 2.79. The minimum Gasteiger partial charge on any atom is -0.496 e. The number of nitrogens with zero attached hydrogens (tertiary/aromatic N) is 1. The minimum atomic E-state index is 0.0242. The number of likely N-dealkylation sites (tertiary alicyclic amines) is 1. The van der Waals surface area contributed by atoms with Gasteiger partial charge in [-0.15, -0.1) is 11.3 Å². The molecule has 1 aromatic heterocycles. The van der Waals surface area contributed by atoms with E-state index >= 15 is 0 Å². The van der Waals surface area contributed by atoms with Gasteiger partial charge < -0.3 is 15.4 Å². The standard InChI is InChI=1S/C13H20N2O2S/c1-9(14)11-5-3-4-6-15(11)13(16)12-7-10(17-2)8-18-12/h7-9,11H,3-6,14H2,1-2H3. The summed E-state index contributed by atoms with van der Waals surface area (Å²) in [5.74, 6) is 0.836. The van der Waals surface area contributed by atoms with Crippen molar-refractivity contribution >= 4 is 17.2 Å². The number of piperidine rings is 1. The Balaban J connectivity index is 2.15. The Morgan fingerprint density at radius 3 is 3.00 bits per heavy atom. The number of methoxy groups -OCH3 is 1. The van der Waals surface area contributed by atoms with Crippen molar-refractivity contribution in [3.8, 4) is 5.75 Å². The summed E-state index contributed by atoms with van der Waals surface area (Å²) in [4.78, 5) is 15.1. The summed E-state index contributed by atoms with van der Waals surface area (Å²) in [6, 6.07) is 2.00. The van der Waals surface area contributed by atoms with Crippen LogP contribution in [0.3, 0.4) is 0 Å². The van der Waals surface area contributed by atoms with Gasteiger partial charge in [-0.05, 0) is 26.2 Å². The summed E-state index contributed by atoms with van der Waals surface area (Å²) < 4.78 is 5.12. The molecule has 0 spiro atoms. The average molecular weight is 268 g/mol. The molecule has 2 rings (SSSR count). The molecule has 0 aromatic carbocycles. The SMILES string of the molecule is COc1csc(C(=O)N2CCCCC2C(C)N)c1. The van der Waals surface area contributed by atoms with Crippen molar-refractivity contribution in [3.05, 3.63) is 16.3 Å². The molecule has 5 heteroatoms. The van der Waals surface area contributed by atoms with Crippen LogP contribution in [0, 0.1) is 0 Å². The van der Waals surface area contributed by atoms with Crippen molar-refractivity contribution in [2.45, 2.75) is 38.3 Å². The van der Waals surface area contributed by atoms with Crippen LogP contribution in [0.2, 0.25) is 0 Å². The largest absolute Gasteiger partial charge is 0.496 e. The average Bonchev–Trinajstić information content (AvgIpc) is 2.86.